The molecule has 162 valence electrons. The second-order valence-electron chi connectivity index (χ2n) is 6.01. The second-order valence-corrected chi connectivity index (χ2v) is 7.98. The minimum atomic E-state index is -1.49. The molecule has 0 rings (SSSR count). The van der Waals surface area contributed by atoms with Crippen molar-refractivity contribution in [2.45, 2.75) is 44.0 Å². The number of thioether (sulfide) groups is 2. The van der Waals surface area contributed by atoms with Gasteiger partial charge in [0.25, 0.3) is 0 Å². The summed E-state index contributed by atoms with van der Waals surface area (Å²) in [6.45, 7) is 0.976. The van der Waals surface area contributed by atoms with Gasteiger partial charge in [-0.05, 0) is 43.8 Å². The first-order chi connectivity index (χ1) is 13.2. The van der Waals surface area contributed by atoms with Crippen LogP contribution in [-0.4, -0.2) is 88.7 Å². The molecule has 0 fully saturated rings. The summed E-state index contributed by atoms with van der Waals surface area (Å²) in [5.41, 5.74) is 5.28. The molecule has 0 saturated heterocycles. The molecule has 4 unspecified atom stereocenters. The Hall–Kier alpha value is -1.50. The fourth-order valence-corrected chi connectivity index (χ4v) is 3.12. The lowest BCUT2D eigenvalue weighted by Gasteiger charge is -2.25. The van der Waals surface area contributed by atoms with Crippen molar-refractivity contribution < 1.29 is 29.4 Å². The lowest BCUT2D eigenvalue weighted by molar-refractivity contribution is -0.145. The van der Waals surface area contributed by atoms with Gasteiger partial charge in [-0.1, -0.05) is 0 Å². The Morgan fingerprint density at radius 2 is 1.39 bits per heavy atom. The van der Waals surface area contributed by atoms with Gasteiger partial charge in [-0.25, -0.2) is 4.79 Å². The quantitative estimate of drug-likeness (QED) is 0.186. The maximum atomic E-state index is 12.6. The number of nitrogens with two attached hydrogens (primary N) is 1. The molecule has 0 heterocycles. The van der Waals surface area contributed by atoms with E-state index in [4.69, 9.17) is 10.8 Å². The van der Waals surface area contributed by atoms with Gasteiger partial charge >= 0.3 is 5.97 Å². The molecule has 4 atom stereocenters. The SMILES string of the molecule is CSCCC(NC(=O)CN)C(=O)NC(CCSC)C(=O)NC(C(=O)O)C(C)O. The number of carbonyl (C=O) groups is 4. The molecule has 0 aromatic rings. The fourth-order valence-electron chi connectivity index (χ4n) is 2.18. The summed E-state index contributed by atoms with van der Waals surface area (Å²) in [6.07, 6.45) is 2.98. The summed E-state index contributed by atoms with van der Waals surface area (Å²) in [7, 11) is 0. The molecule has 0 aromatic heterocycles. The maximum absolute atomic E-state index is 12.6. The molecule has 0 aliphatic carbocycles. The molecule has 0 aromatic carbocycles. The fraction of sp³-hybridized carbons (Fsp3) is 0.750. The molecule has 7 N–H and O–H groups in total. The van der Waals surface area contributed by atoms with Crippen molar-refractivity contribution in [2.24, 2.45) is 5.73 Å². The van der Waals surface area contributed by atoms with Gasteiger partial charge in [0.1, 0.15) is 12.1 Å². The van der Waals surface area contributed by atoms with Gasteiger partial charge in [-0.3, -0.25) is 14.4 Å². The van der Waals surface area contributed by atoms with Gasteiger partial charge in [0.2, 0.25) is 17.7 Å². The molecular weight excluding hydrogens is 408 g/mol. The molecule has 10 nitrogen and oxygen atoms in total. The number of hydrogen-bond acceptors (Lipinski definition) is 8. The van der Waals surface area contributed by atoms with Crippen LogP contribution in [0.3, 0.4) is 0 Å². The highest BCUT2D eigenvalue weighted by atomic mass is 32.2. The van der Waals surface area contributed by atoms with Crippen LogP contribution in [0.2, 0.25) is 0 Å². The van der Waals surface area contributed by atoms with Crippen molar-refractivity contribution in [1.82, 2.24) is 16.0 Å². The molecule has 0 radical (unpaired) electrons. The van der Waals surface area contributed by atoms with Crippen molar-refractivity contribution in [2.75, 3.05) is 30.6 Å². The Morgan fingerprint density at radius 3 is 1.79 bits per heavy atom. The third-order valence-corrected chi connectivity index (χ3v) is 5.03. The van der Waals surface area contributed by atoms with E-state index in [1.54, 1.807) is 0 Å². The van der Waals surface area contributed by atoms with E-state index in [-0.39, 0.29) is 13.0 Å². The summed E-state index contributed by atoms with van der Waals surface area (Å²) < 4.78 is 0. The summed E-state index contributed by atoms with van der Waals surface area (Å²) in [5, 5.41) is 26.0. The van der Waals surface area contributed by atoms with Crippen molar-refractivity contribution in [1.29, 1.82) is 0 Å². The Morgan fingerprint density at radius 1 is 0.929 bits per heavy atom. The van der Waals surface area contributed by atoms with Gasteiger partial charge in [0.05, 0.1) is 12.6 Å². The zero-order valence-electron chi connectivity index (χ0n) is 16.3. The molecule has 0 bridgehead atoms. The van der Waals surface area contributed by atoms with Crippen molar-refractivity contribution in [3.8, 4) is 0 Å². The zero-order chi connectivity index (χ0) is 21.7. The number of hydrogen-bond donors (Lipinski definition) is 6. The van der Waals surface area contributed by atoms with Crippen molar-refractivity contribution >= 4 is 47.2 Å². The number of rotatable bonds is 14. The number of aliphatic hydroxyl groups excluding tert-OH is 1. The van der Waals surface area contributed by atoms with Crippen LogP contribution >= 0.6 is 23.5 Å². The number of aliphatic carboxylic acids is 1. The van der Waals surface area contributed by atoms with E-state index >= 15 is 0 Å². The Labute approximate surface area is 173 Å². The zero-order valence-corrected chi connectivity index (χ0v) is 17.9. The topological polar surface area (TPSA) is 171 Å². The first kappa shape index (κ1) is 26.5. The molecule has 0 aliphatic rings. The average Bonchev–Trinajstić information content (AvgIpc) is 2.64. The number of carbonyl (C=O) groups excluding carboxylic acids is 3. The van der Waals surface area contributed by atoms with Crippen LogP contribution in [-0.2, 0) is 19.2 Å². The highest BCUT2D eigenvalue weighted by molar-refractivity contribution is 7.98. The van der Waals surface area contributed by atoms with Crippen LogP contribution in [0.5, 0.6) is 0 Å². The summed E-state index contributed by atoms with van der Waals surface area (Å²) in [6, 6.07) is -3.36. The van der Waals surface area contributed by atoms with Crippen LogP contribution in [0, 0.1) is 0 Å². The summed E-state index contributed by atoms with van der Waals surface area (Å²) in [4.78, 5) is 47.9. The number of nitrogens with one attached hydrogen (secondary N) is 3. The van der Waals surface area contributed by atoms with Gasteiger partial charge in [-0.15, -0.1) is 0 Å². The highest BCUT2D eigenvalue weighted by Gasteiger charge is 2.31. The van der Waals surface area contributed by atoms with E-state index in [1.165, 1.54) is 30.4 Å². The Kier molecular flexibility index (Phi) is 13.7. The normalized spacial score (nSPS) is 15.0. The molecule has 0 spiro atoms. The molecule has 28 heavy (non-hydrogen) atoms. The Balaban J connectivity index is 5.24. The number of aliphatic hydroxyl groups is 1. The third-order valence-electron chi connectivity index (χ3n) is 3.74. The van der Waals surface area contributed by atoms with Gasteiger partial charge in [-0.2, -0.15) is 23.5 Å². The molecule has 3 amide bonds. The molecule has 0 saturated carbocycles. The van der Waals surface area contributed by atoms with Crippen LogP contribution < -0.4 is 21.7 Å². The average molecular weight is 439 g/mol. The number of amides is 3. The van der Waals surface area contributed by atoms with Crippen LogP contribution in [0.15, 0.2) is 0 Å². The lowest BCUT2D eigenvalue weighted by atomic mass is 10.1. The van der Waals surface area contributed by atoms with E-state index in [0.717, 1.165) is 0 Å². The summed E-state index contributed by atoms with van der Waals surface area (Å²) >= 11 is 2.95. The minimum absolute atomic E-state index is 0.255. The van der Waals surface area contributed by atoms with Crippen molar-refractivity contribution in [3.63, 3.8) is 0 Å². The molecular formula is C16H30N4O6S2. The monoisotopic (exact) mass is 438 g/mol. The van der Waals surface area contributed by atoms with Gasteiger partial charge < -0.3 is 31.9 Å². The van der Waals surface area contributed by atoms with Crippen molar-refractivity contribution in [3.05, 3.63) is 0 Å². The van der Waals surface area contributed by atoms with Crippen LogP contribution in [0.1, 0.15) is 19.8 Å². The minimum Gasteiger partial charge on any atom is -0.480 e. The van der Waals surface area contributed by atoms with Crippen LogP contribution in [0.25, 0.3) is 0 Å². The second kappa shape index (κ2) is 14.5. The highest BCUT2D eigenvalue weighted by Crippen LogP contribution is 2.06. The maximum Gasteiger partial charge on any atom is 0.328 e. The third kappa shape index (κ3) is 10.2. The predicted octanol–water partition coefficient (Wildman–Crippen LogP) is -1.63. The van der Waals surface area contributed by atoms with Gasteiger partial charge in [0.15, 0.2) is 6.04 Å². The first-order valence-electron chi connectivity index (χ1n) is 8.66. The lowest BCUT2D eigenvalue weighted by Crippen LogP contribution is -2.57. The first-order valence-corrected chi connectivity index (χ1v) is 11.5. The largest absolute Gasteiger partial charge is 0.480 e. The van der Waals surface area contributed by atoms with E-state index in [0.29, 0.717) is 17.9 Å². The number of carboxylic acids is 1. The van der Waals surface area contributed by atoms with Gasteiger partial charge in [0, 0.05) is 0 Å². The molecule has 0 aliphatic heterocycles. The van der Waals surface area contributed by atoms with E-state index < -0.39 is 47.9 Å². The van der Waals surface area contributed by atoms with E-state index in [2.05, 4.69) is 16.0 Å². The predicted molar refractivity (Wildman–Crippen MR) is 110 cm³/mol. The standard InChI is InChI=1S/C16H30N4O6S2/c1-9(21)13(16(25)26)20-15(24)11(5-7-28-3)19-14(23)10(4-6-27-2)18-12(22)8-17/h9-11,13,21H,4-8,17H2,1-3H3,(H,18,22)(H,19,23)(H,20,24)(H,25,26). The summed E-state index contributed by atoms with van der Waals surface area (Å²) in [5.74, 6) is -2.01. The molecule has 12 heteroatoms. The van der Waals surface area contributed by atoms with Crippen LogP contribution in [0.4, 0.5) is 0 Å². The smallest absolute Gasteiger partial charge is 0.328 e. The van der Waals surface area contributed by atoms with E-state index in [9.17, 15) is 24.3 Å². The Bertz CT molecular complexity index is 535. The van der Waals surface area contributed by atoms with E-state index in [1.807, 2.05) is 12.5 Å². The number of carboxylic acid groups (broad SMARTS) is 1.